The van der Waals surface area contributed by atoms with Crippen LogP contribution in [0.4, 0.5) is 0 Å². The lowest BCUT2D eigenvalue weighted by Gasteiger charge is -2.35. The molecule has 0 saturated carbocycles. The van der Waals surface area contributed by atoms with E-state index in [1.165, 1.54) is 64.2 Å². The fourth-order valence-corrected chi connectivity index (χ4v) is 2.84. The SMILES string of the molecule is Br.CCCCCCCCCCCC[N+]1(N)CCOCC1. The number of unbranched alkanes of at least 4 members (excludes halogenated alkanes) is 9. The van der Waals surface area contributed by atoms with Crippen molar-refractivity contribution in [3.05, 3.63) is 0 Å². The van der Waals surface area contributed by atoms with Crippen molar-refractivity contribution in [3.63, 3.8) is 0 Å². The number of halogens is 1. The standard InChI is InChI=1S/C16H35N2O.BrH/c1-2-3-4-5-6-7-8-9-10-11-12-18(17)13-15-19-16-14-18;/h2-17H2,1H3;1H/q+1;. The molecule has 0 radical (unpaired) electrons. The van der Waals surface area contributed by atoms with Crippen LogP contribution in [0.15, 0.2) is 0 Å². The van der Waals surface area contributed by atoms with Crippen LogP contribution in [0, 0.1) is 0 Å². The van der Waals surface area contributed by atoms with Gasteiger partial charge >= 0.3 is 0 Å². The Morgan fingerprint density at radius 3 is 1.75 bits per heavy atom. The van der Waals surface area contributed by atoms with Crippen molar-refractivity contribution in [1.29, 1.82) is 0 Å². The van der Waals surface area contributed by atoms with E-state index in [4.69, 9.17) is 10.6 Å². The van der Waals surface area contributed by atoms with E-state index < -0.39 is 0 Å². The summed E-state index contributed by atoms with van der Waals surface area (Å²) in [6.07, 6.45) is 14.0. The minimum Gasteiger partial charge on any atom is -0.370 e. The zero-order valence-corrected chi connectivity index (χ0v) is 15.2. The molecule has 0 aromatic heterocycles. The summed E-state index contributed by atoms with van der Waals surface area (Å²) >= 11 is 0. The van der Waals surface area contributed by atoms with Crippen LogP contribution in [-0.4, -0.2) is 37.4 Å². The lowest BCUT2D eigenvalue weighted by Crippen LogP contribution is -2.60. The molecule has 0 aromatic rings. The van der Waals surface area contributed by atoms with E-state index >= 15 is 0 Å². The summed E-state index contributed by atoms with van der Waals surface area (Å²) in [5.41, 5.74) is 0. The first-order valence-corrected chi connectivity index (χ1v) is 8.49. The number of ether oxygens (including phenoxy) is 1. The highest BCUT2D eigenvalue weighted by molar-refractivity contribution is 8.93. The molecule has 2 N–H and O–H groups in total. The van der Waals surface area contributed by atoms with Gasteiger partial charge in [-0.25, -0.2) is 4.59 Å². The van der Waals surface area contributed by atoms with Crippen molar-refractivity contribution in [1.82, 2.24) is 0 Å². The quantitative estimate of drug-likeness (QED) is 0.343. The Bertz CT molecular complexity index is 209. The van der Waals surface area contributed by atoms with E-state index in [0.29, 0.717) is 0 Å². The Kier molecular flexibility index (Phi) is 13.3. The van der Waals surface area contributed by atoms with Gasteiger partial charge in [0.25, 0.3) is 0 Å². The van der Waals surface area contributed by atoms with Crippen LogP contribution in [-0.2, 0) is 4.74 Å². The van der Waals surface area contributed by atoms with Gasteiger partial charge < -0.3 is 4.74 Å². The van der Waals surface area contributed by atoms with Gasteiger partial charge in [-0.2, -0.15) is 5.84 Å². The molecule has 20 heavy (non-hydrogen) atoms. The zero-order chi connectivity index (χ0) is 13.8. The molecule has 0 aliphatic carbocycles. The number of morpholine rings is 1. The van der Waals surface area contributed by atoms with Crippen LogP contribution in [0.5, 0.6) is 0 Å². The van der Waals surface area contributed by atoms with Crippen molar-refractivity contribution < 1.29 is 9.33 Å². The summed E-state index contributed by atoms with van der Waals surface area (Å²) in [5, 5.41) is 0. The molecule has 3 nitrogen and oxygen atoms in total. The van der Waals surface area contributed by atoms with Crippen LogP contribution < -0.4 is 5.84 Å². The first-order chi connectivity index (χ1) is 9.27. The van der Waals surface area contributed by atoms with Gasteiger partial charge in [0.15, 0.2) is 0 Å². The molecule has 0 bridgehead atoms. The number of quaternary nitrogens is 1. The Labute approximate surface area is 136 Å². The largest absolute Gasteiger partial charge is 0.370 e. The monoisotopic (exact) mass is 351 g/mol. The first kappa shape index (κ1) is 20.4. The molecule has 122 valence electrons. The van der Waals surface area contributed by atoms with Gasteiger partial charge in [0.05, 0.1) is 19.8 Å². The van der Waals surface area contributed by atoms with Gasteiger partial charge in [-0.05, 0) is 12.8 Å². The summed E-state index contributed by atoms with van der Waals surface area (Å²) in [6, 6.07) is 0. The Morgan fingerprint density at radius 1 is 0.800 bits per heavy atom. The molecule has 1 fully saturated rings. The highest BCUT2D eigenvalue weighted by atomic mass is 79.9. The number of hydrogen-bond donors (Lipinski definition) is 1. The molecule has 0 aromatic carbocycles. The average molecular weight is 352 g/mol. The second-order valence-corrected chi connectivity index (χ2v) is 6.18. The fraction of sp³-hybridized carbons (Fsp3) is 1.00. The van der Waals surface area contributed by atoms with Gasteiger partial charge in [0, 0.05) is 0 Å². The van der Waals surface area contributed by atoms with Crippen molar-refractivity contribution in [2.24, 2.45) is 5.84 Å². The van der Waals surface area contributed by atoms with Gasteiger partial charge in [-0.15, -0.1) is 17.0 Å². The van der Waals surface area contributed by atoms with Crippen molar-refractivity contribution in [2.45, 2.75) is 71.1 Å². The Balaban J connectivity index is 0.00000361. The predicted molar refractivity (Wildman–Crippen MR) is 92.0 cm³/mol. The third-order valence-electron chi connectivity index (χ3n) is 4.32. The van der Waals surface area contributed by atoms with Crippen molar-refractivity contribution in [2.75, 3.05) is 32.8 Å². The summed E-state index contributed by atoms with van der Waals surface area (Å²) in [5.74, 6) is 6.33. The van der Waals surface area contributed by atoms with Crippen LogP contribution in [0.2, 0.25) is 0 Å². The maximum atomic E-state index is 6.33. The summed E-state index contributed by atoms with van der Waals surface area (Å²) in [6.45, 7) is 7.10. The summed E-state index contributed by atoms with van der Waals surface area (Å²) in [7, 11) is 0. The summed E-state index contributed by atoms with van der Waals surface area (Å²) in [4.78, 5) is 0. The van der Waals surface area contributed by atoms with Gasteiger partial charge in [0.2, 0.25) is 0 Å². The molecule has 0 atom stereocenters. The minimum absolute atomic E-state index is 0. The second kappa shape index (κ2) is 13.1. The maximum Gasteiger partial charge on any atom is 0.120 e. The molecule has 0 unspecified atom stereocenters. The lowest BCUT2D eigenvalue weighted by molar-refractivity contribution is -0.946. The smallest absolute Gasteiger partial charge is 0.120 e. The first-order valence-electron chi connectivity index (χ1n) is 8.49. The molecule has 1 heterocycles. The van der Waals surface area contributed by atoms with E-state index in [-0.39, 0.29) is 17.0 Å². The molecule has 0 spiro atoms. The average Bonchev–Trinajstić information content (AvgIpc) is 2.42. The molecular weight excluding hydrogens is 316 g/mol. The molecular formula is C16H36BrN2O+. The zero-order valence-electron chi connectivity index (χ0n) is 13.4. The molecule has 1 aliphatic rings. The highest BCUT2D eigenvalue weighted by Gasteiger charge is 2.25. The van der Waals surface area contributed by atoms with Crippen LogP contribution in [0.3, 0.4) is 0 Å². The normalized spacial score (nSPS) is 17.7. The van der Waals surface area contributed by atoms with Gasteiger partial charge in [-0.1, -0.05) is 58.3 Å². The fourth-order valence-electron chi connectivity index (χ4n) is 2.84. The molecule has 1 saturated heterocycles. The molecule has 4 heteroatoms. The summed E-state index contributed by atoms with van der Waals surface area (Å²) < 4.78 is 6.12. The van der Waals surface area contributed by atoms with Crippen LogP contribution in [0.25, 0.3) is 0 Å². The predicted octanol–water partition coefficient (Wildman–Crippen LogP) is 4.21. The van der Waals surface area contributed by atoms with Gasteiger partial charge in [-0.3, -0.25) is 0 Å². The molecule has 1 rings (SSSR count). The van der Waals surface area contributed by atoms with Crippen LogP contribution >= 0.6 is 17.0 Å². The van der Waals surface area contributed by atoms with Crippen molar-refractivity contribution in [3.8, 4) is 0 Å². The number of nitrogens with two attached hydrogens (primary N) is 1. The number of rotatable bonds is 11. The minimum atomic E-state index is 0. The van der Waals surface area contributed by atoms with E-state index in [9.17, 15) is 0 Å². The maximum absolute atomic E-state index is 6.33. The van der Waals surface area contributed by atoms with E-state index in [1.807, 2.05) is 0 Å². The number of hydrogen-bond acceptors (Lipinski definition) is 2. The Morgan fingerprint density at radius 2 is 1.25 bits per heavy atom. The lowest BCUT2D eigenvalue weighted by atomic mass is 10.1. The van der Waals surface area contributed by atoms with Crippen molar-refractivity contribution >= 4 is 17.0 Å². The van der Waals surface area contributed by atoms with Gasteiger partial charge in [0.1, 0.15) is 13.1 Å². The second-order valence-electron chi connectivity index (χ2n) is 6.18. The van der Waals surface area contributed by atoms with E-state index in [2.05, 4.69) is 6.92 Å². The number of nitrogens with zero attached hydrogens (tertiary/aromatic N) is 1. The van der Waals surface area contributed by atoms with Crippen LogP contribution in [0.1, 0.15) is 71.1 Å². The Hall–Kier alpha value is 0.360. The van der Waals surface area contributed by atoms with E-state index in [1.54, 1.807) is 0 Å². The highest BCUT2D eigenvalue weighted by Crippen LogP contribution is 2.12. The van der Waals surface area contributed by atoms with E-state index in [0.717, 1.165) is 37.4 Å². The topological polar surface area (TPSA) is 35.2 Å². The molecule has 0 amide bonds. The third-order valence-corrected chi connectivity index (χ3v) is 4.32. The third kappa shape index (κ3) is 10.1. The molecule has 1 aliphatic heterocycles.